The van der Waals surface area contributed by atoms with E-state index in [4.69, 9.17) is 4.74 Å². The molecule has 4 saturated carbocycles. The smallest absolute Gasteiger partial charge is 0.335 e. The summed E-state index contributed by atoms with van der Waals surface area (Å²) in [6.45, 7) is 16.0. The summed E-state index contributed by atoms with van der Waals surface area (Å²) in [6.07, 6.45) is 0.122. The van der Waals surface area contributed by atoms with Crippen LogP contribution in [0.3, 0.4) is 0 Å². The quantitative estimate of drug-likeness (QED) is 0.242. The van der Waals surface area contributed by atoms with Crippen molar-refractivity contribution in [1.82, 2.24) is 0 Å². The predicted octanol–water partition coefficient (Wildman–Crippen LogP) is 5.76. The predicted molar refractivity (Wildman–Crippen MR) is 169 cm³/mol. The number of ether oxygens (including phenoxy) is 1. The average molecular weight is 649 g/mol. The molecule has 46 heavy (non-hydrogen) atoms. The lowest BCUT2D eigenvalue weighted by atomic mass is 9.33. The van der Waals surface area contributed by atoms with Crippen molar-refractivity contribution in [1.29, 1.82) is 0 Å². The molecule has 260 valence electrons. The van der Waals surface area contributed by atoms with E-state index in [0.717, 1.165) is 51.4 Å². The van der Waals surface area contributed by atoms with Crippen LogP contribution in [0.1, 0.15) is 113 Å². The number of allylic oxidation sites excluding steroid dienone is 2. The molecule has 0 aromatic carbocycles. The lowest BCUT2D eigenvalue weighted by Gasteiger charge is -2.71. The zero-order chi connectivity index (χ0) is 34.0. The van der Waals surface area contributed by atoms with E-state index in [0.29, 0.717) is 18.8 Å². The van der Waals surface area contributed by atoms with Crippen molar-refractivity contribution in [2.24, 2.45) is 56.2 Å². The normalized spacial score (nSPS) is 51.7. The number of alkyl halides is 1. The van der Waals surface area contributed by atoms with Crippen molar-refractivity contribution in [3.63, 3.8) is 0 Å². The molecule has 0 aromatic heterocycles. The van der Waals surface area contributed by atoms with Crippen LogP contribution in [0.5, 0.6) is 0 Å². The largest absolute Gasteiger partial charge is 0.481 e. The van der Waals surface area contributed by atoms with Crippen molar-refractivity contribution in [3.8, 4) is 0 Å². The zero-order valence-electron chi connectivity index (χ0n) is 28.8. The first kappa shape index (κ1) is 34.3. The van der Waals surface area contributed by atoms with Gasteiger partial charge in [-0.25, -0.2) is 9.18 Å². The standard InChI is InChI=1S/C37H57FO8/c1-32(2)14-16-37(31(44)45)17-15-35(6)19(21(37)18-32)8-9-23-34(5)12-10-20(33(3,4)22(34)11-13-36(23,35)7)24(38)28-26(40)25(39)27(41)29(46-28)30(42)43/h8,20-29,39-41H,9-18H2,1-7H3,(H,42,43)(H,44,45)/t20-,21?,22?,23?,24-,25?,26?,27+,28+,29?,34+,35-,36-,37+/m1/s1. The molecule has 0 radical (unpaired) electrons. The molecule has 0 amide bonds. The Kier molecular flexibility index (Phi) is 8.00. The third kappa shape index (κ3) is 4.49. The maximum absolute atomic E-state index is 16.6. The summed E-state index contributed by atoms with van der Waals surface area (Å²) in [7, 11) is 0. The van der Waals surface area contributed by atoms with E-state index in [2.05, 4.69) is 54.5 Å². The first-order valence-corrected chi connectivity index (χ1v) is 17.7. The number of carbonyl (C=O) groups is 2. The van der Waals surface area contributed by atoms with E-state index in [1.54, 1.807) is 0 Å². The summed E-state index contributed by atoms with van der Waals surface area (Å²) in [6, 6.07) is 0. The van der Waals surface area contributed by atoms with Gasteiger partial charge in [-0.1, -0.05) is 60.1 Å². The highest BCUT2D eigenvalue weighted by molar-refractivity contribution is 5.76. The van der Waals surface area contributed by atoms with Gasteiger partial charge < -0.3 is 30.3 Å². The third-order valence-electron chi connectivity index (χ3n) is 15.8. The monoisotopic (exact) mass is 648 g/mol. The first-order valence-electron chi connectivity index (χ1n) is 17.7. The van der Waals surface area contributed by atoms with Crippen LogP contribution in [0.15, 0.2) is 11.6 Å². The fourth-order valence-corrected chi connectivity index (χ4v) is 12.8. The highest BCUT2D eigenvalue weighted by Crippen LogP contribution is 2.76. The average Bonchev–Trinajstić information content (AvgIpc) is 2.95. The number of carboxylic acid groups (broad SMARTS) is 2. The maximum Gasteiger partial charge on any atom is 0.335 e. The van der Waals surface area contributed by atoms with Crippen molar-refractivity contribution in [2.45, 2.75) is 149 Å². The number of carboxylic acids is 2. The van der Waals surface area contributed by atoms with Gasteiger partial charge in [0.15, 0.2) is 6.10 Å². The molecule has 1 heterocycles. The van der Waals surface area contributed by atoms with Crippen LogP contribution in [-0.4, -0.2) is 74.2 Å². The van der Waals surface area contributed by atoms with E-state index in [-0.39, 0.29) is 33.5 Å². The van der Waals surface area contributed by atoms with Crippen molar-refractivity contribution in [3.05, 3.63) is 11.6 Å². The molecule has 0 aromatic rings. The summed E-state index contributed by atoms with van der Waals surface area (Å²) in [5.74, 6) is -2.13. The Hall–Kier alpha value is -1.55. The molecule has 6 rings (SSSR count). The summed E-state index contributed by atoms with van der Waals surface area (Å²) < 4.78 is 22.1. The van der Waals surface area contributed by atoms with E-state index >= 15 is 4.39 Å². The Morgan fingerprint density at radius 3 is 2.13 bits per heavy atom. The molecule has 6 unspecified atom stereocenters. The zero-order valence-corrected chi connectivity index (χ0v) is 28.8. The number of hydrogen-bond acceptors (Lipinski definition) is 6. The second-order valence-corrected chi connectivity index (χ2v) is 18.4. The van der Waals surface area contributed by atoms with Crippen molar-refractivity contribution >= 4 is 11.9 Å². The minimum atomic E-state index is -1.85. The van der Waals surface area contributed by atoms with Gasteiger partial charge in [-0.2, -0.15) is 0 Å². The van der Waals surface area contributed by atoms with Gasteiger partial charge in [0.1, 0.15) is 30.6 Å². The van der Waals surface area contributed by atoms with Gasteiger partial charge in [0.05, 0.1) is 5.41 Å². The van der Waals surface area contributed by atoms with E-state index < -0.39 is 65.4 Å². The highest BCUT2D eigenvalue weighted by Gasteiger charge is 2.70. The molecule has 8 nitrogen and oxygen atoms in total. The van der Waals surface area contributed by atoms with Gasteiger partial charge >= 0.3 is 11.9 Å². The van der Waals surface area contributed by atoms with Crippen LogP contribution in [0.25, 0.3) is 0 Å². The fraction of sp³-hybridized carbons (Fsp3) is 0.892. The van der Waals surface area contributed by atoms with Gasteiger partial charge in [-0.15, -0.1) is 0 Å². The Labute approximate surface area is 273 Å². The van der Waals surface area contributed by atoms with Gasteiger partial charge in [-0.3, -0.25) is 4.79 Å². The number of halogens is 1. The molecule has 5 N–H and O–H groups in total. The van der Waals surface area contributed by atoms with Gasteiger partial charge in [0.2, 0.25) is 0 Å². The Morgan fingerprint density at radius 1 is 0.848 bits per heavy atom. The highest BCUT2D eigenvalue weighted by atomic mass is 19.1. The maximum atomic E-state index is 16.6. The molecular formula is C37H57FO8. The molecule has 0 bridgehead atoms. The van der Waals surface area contributed by atoms with E-state index in [1.807, 2.05) is 0 Å². The van der Waals surface area contributed by atoms with Gasteiger partial charge in [0, 0.05) is 0 Å². The minimum Gasteiger partial charge on any atom is -0.481 e. The van der Waals surface area contributed by atoms with E-state index in [9.17, 15) is 35.1 Å². The summed E-state index contributed by atoms with van der Waals surface area (Å²) >= 11 is 0. The van der Waals surface area contributed by atoms with Crippen LogP contribution < -0.4 is 0 Å². The second-order valence-electron chi connectivity index (χ2n) is 18.4. The lowest BCUT2D eigenvalue weighted by molar-refractivity contribution is -0.254. The van der Waals surface area contributed by atoms with Crippen LogP contribution >= 0.6 is 0 Å². The summed E-state index contributed by atoms with van der Waals surface area (Å²) in [5.41, 5.74) is 0.0251. The molecular weight excluding hydrogens is 591 g/mol. The number of aliphatic hydroxyl groups is 3. The summed E-state index contributed by atoms with van der Waals surface area (Å²) in [5, 5.41) is 51.5. The van der Waals surface area contributed by atoms with Gasteiger partial charge in [0.25, 0.3) is 0 Å². The van der Waals surface area contributed by atoms with Gasteiger partial charge in [-0.05, 0) is 115 Å². The third-order valence-corrected chi connectivity index (χ3v) is 15.8. The molecule has 6 aliphatic rings. The van der Waals surface area contributed by atoms with Crippen molar-refractivity contribution in [2.75, 3.05) is 0 Å². The van der Waals surface area contributed by atoms with Crippen LogP contribution in [0, 0.1) is 56.2 Å². The molecule has 14 atom stereocenters. The minimum absolute atomic E-state index is 0.0374. The molecule has 1 saturated heterocycles. The molecule has 9 heteroatoms. The second kappa shape index (κ2) is 10.7. The SMILES string of the molecule is CC1(C)CC[C@]2(C(=O)O)CC[C@]3(C)C(=CCC4[C@@]5(C)CC[C@H]([C@@H](F)[C@@H]6OC(C(=O)O)[C@@H](O)C(O)C6O)C(C)(C)C5CC[C@]43C)C2C1. The number of fused-ring (bicyclic) bond motifs is 7. The molecule has 5 fully saturated rings. The van der Waals surface area contributed by atoms with E-state index in [1.165, 1.54) is 5.57 Å². The first-order chi connectivity index (χ1) is 21.2. The molecule has 0 spiro atoms. The fourth-order valence-electron chi connectivity index (χ4n) is 12.8. The van der Waals surface area contributed by atoms with Crippen LogP contribution in [-0.2, 0) is 14.3 Å². The Morgan fingerprint density at radius 2 is 1.50 bits per heavy atom. The Balaban J connectivity index is 1.31. The molecule has 1 aliphatic heterocycles. The number of hydrogen-bond donors (Lipinski definition) is 5. The molecule has 5 aliphatic carbocycles. The topological polar surface area (TPSA) is 145 Å². The van der Waals surface area contributed by atoms with Crippen LogP contribution in [0.2, 0.25) is 0 Å². The number of aliphatic hydroxyl groups excluding tert-OH is 3. The number of rotatable bonds is 4. The van der Waals surface area contributed by atoms with Crippen LogP contribution in [0.4, 0.5) is 4.39 Å². The summed E-state index contributed by atoms with van der Waals surface area (Å²) in [4.78, 5) is 24.7. The Bertz CT molecular complexity index is 1300. The number of aliphatic carboxylic acids is 2. The van der Waals surface area contributed by atoms with Crippen molar-refractivity contribution < 1.29 is 44.2 Å². The lowest BCUT2D eigenvalue weighted by Crippen LogP contribution is -2.66.